The zero-order valence-electron chi connectivity index (χ0n) is 8.81. The Hall–Kier alpha value is -1.59. The molecule has 3 nitrogen and oxygen atoms in total. The van der Waals surface area contributed by atoms with E-state index in [4.69, 9.17) is 19.6 Å². The van der Waals surface area contributed by atoms with Crippen LogP contribution in [0.2, 0.25) is 0 Å². The van der Waals surface area contributed by atoms with Crippen LogP contribution in [0.3, 0.4) is 0 Å². The summed E-state index contributed by atoms with van der Waals surface area (Å²) in [5.41, 5.74) is 0. The standard InChI is InChI=1S/C12H10O3S2/c13-17(16,14-11-7-3-1-4-8-11)15-12-9-5-2-6-10-12/h1-10H. The molecule has 0 aliphatic rings. The first-order chi connectivity index (χ1) is 8.16. The van der Waals surface area contributed by atoms with E-state index in [9.17, 15) is 4.21 Å². The molecule has 0 aliphatic heterocycles. The molecule has 17 heavy (non-hydrogen) atoms. The average Bonchev–Trinajstić information content (AvgIpc) is 2.30. The van der Waals surface area contributed by atoms with Gasteiger partial charge in [-0.25, -0.2) is 0 Å². The Balaban J connectivity index is 2.11. The lowest BCUT2D eigenvalue weighted by Crippen LogP contribution is -2.14. The minimum absolute atomic E-state index is 0.420. The van der Waals surface area contributed by atoms with Crippen molar-refractivity contribution in [1.29, 1.82) is 0 Å². The Morgan fingerprint density at radius 2 is 1.12 bits per heavy atom. The molecule has 0 unspecified atom stereocenters. The minimum Gasteiger partial charge on any atom is -0.373 e. The van der Waals surface area contributed by atoms with E-state index in [0.29, 0.717) is 11.5 Å². The molecule has 0 atom stereocenters. The summed E-state index contributed by atoms with van der Waals surface area (Å²) in [6.45, 7) is 0. The molecule has 0 saturated carbocycles. The van der Waals surface area contributed by atoms with Crippen LogP contribution in [0.4, 0.5) is 0 Å². The second-order valence-corrected chi connectivity index (χ2v) is 5.58. The fourth-order valence-corrected chi connectivity index (χ4v) is 2.40. The van der Waals surface area contributed by atoms with Crippen LogP contribution in [0.1, 0.15) is 0 Å². The van der Waals surface area contributed by atoms with Gasteiger partial charge in [-0.3, -0.25) is 0 Å². The zero-order chi connectivity index (χ0) is 12.1. The van der Waals surface area contributed by atoms with Gasteiger partial charge < -0.3 is 8.37 Å². The zero-order valence-corrected chi connectivity index (χ0v) is 10.4. The first-order valence-electron chi connectivity index (χ1n) is 4.90. The molecule has 0 saturated heterocycles. The van der Waals surface area contributed by atoms with E-state index >= 15 is 0 Å². The maximum Gasteiger partial charge on any atom is 0.361 e. The van der Waals surface area contributed by atoms with Crippen LogP contribution in [0, 0.1) is 0 Å². The largest absolute Gasteiger partial charge is 0.373 e. The second kappa shape index (κ2) is 5.16. The highest BCUT2D eigenvalue weighted by atomic mass is 32.9. The lowest BCUT2D eigenvalue weighted by Gasteiger charge is -2.10. The van der Waals surface area contributed by atoms with Gasteiger partial charge in [0.05, 0.1) is 11.2 Å². The molecule has 0 bridgehead atoms. The Morgan fingerprint density at radius 3 is 1.47 bits per heavy atom. The highest BCUT2D eigenvalue weighted by Crippen LogP contribution is 2.16. The predicted octanol–water partition coefficient (Wildman–Crippen LogP) is 2.72. The van der Waals surface area contributed by atoms with E-state index in [2.05, 4.69) is 0 Å². The highest BCUT2D eigenvalue weighted by Gasteiger charge is 2.10. The molecule has 0 N–H and O–H groups in total. The van der Waals surface area contributed by atoms with E-state index in [-0.39, 0.29) is 0 Å². The van der Waals surface area contributed by atoms with Crippen LogP contribution in [-0.4, -0.2) is 4.21 Å². The van der Waals surface area contributed by atoms with Gasteiger partial charge in [-0.05, 0) is 24.3 Å². The van der Waals surface area contributed by atoms with Crippen molar-refractivity contribution in [2.24, 2.45) is 0 Å². The van der Waals surface area contributed by atoms with Crippen LogP contribution >= 0.6 is 0 Å². The maximum absolute atomic E-state index is 11.9. The van der Waals surface area contributed by atoms with Gasteiger partial charge in [0.25, 0.3) is 0 Å². The fourth-order valence-electron chi connectivity index (χ4n) is 1.20. The molecular weight excluding hydrogens is 256 g/mol. The number of rotatable bonds is 4. The quantitative estimate of drug-likeness (QED) is 0.852. The first-order valence-corrected chi connectivity index (χ1v) is 7.23. The predicted molar refractivity (Wildman–Crippen MR) is 69.6 cm³/mol. The lowest BCUT2D eigenvalue weighted by molar-refractivity contribution is 0.458. The van der Waals surface area contributed by atoms with E-state index in [1.165, 1.54) is 0 Å². The summed E-state index contributed by atoms with van der Waals surface area (Å²) in [5.74, 6) is 0.840. The minimum atomic E-state index is -3.25. The van der Waals surface area contributed by atoms with Crippen LogP contribution in [-0.2, 0) is 20.2 Å². The fraction of sp³-hybridized carbons (Fsp3) is 0. The van der Waals surface area contributed by atoms with E-state index in [1.54, 1.807) is 48.5 Å². The molecule has 0 radical (unpaired) electrons. The highest BCUT2D eigenvalue weighted by molar-refractivity contribution is 8.27. The van der Waals surface area contributed by atoms with Crippen molar-refractivity contribution in [3.63, 3.8) is 0 Å². The van der Waals surface area contributed by atoms with Gasteiger partial charge in [0.15, 0.2) is 0 Å². The van der Waals surface area contributed by atoms with Crippen molar-refractivity contribution in [3.8, 4) is 11.5 Å². The third-order valence-electron chi connectivity index (χ3n) is 1.88. The SMILES string of the molecule is O=S(=S)(Oc1ccccc1)Oc1ccccc1. The molecule has 88 valence electrons. The summed E-state index contributed by atoms with van der Waals surface area (Å²) in [6, 6.07) is 17.4. The Morgan fingerprint density at radius 1 is 0.765 bits per heavy atom. The van der Waals surface area contributed by atoms with Crippen molar-refractivity contribution in [2.45, 2.75) is 0 Å². The van der Waals surface area contributed by atoms with Gasteiger partial charge in [-0.2, -0.15) is 4.21 Å². The molecule has 0 amide bonds. The van der Waals surface area contributed by atoms with Crippen molar-refractivity contribution in [3.05, 3.63) is 60.7 Å². The summed E-state index contributed by atoms with van der Waals surface area (Å²) >= 11 is 4.79. The van der Waals surface area contributed by atoms with Gasteiger partial charge in [0.1, 0.15) is 11.5 Å². The average molecular weight is 266 g/mol. The van der Waals surface area contributed by atoms with Crippen molar-refractivity contribution < 1.29 is 12.6 Å². The Labute approximate surface area is 105 Å². The van der Waals surface area contributed by atoms with Gasteiger partial charge >= 0.3 is 9.05 Å². The molecule has 2 rings (SSSR count). The Kier molecular flexibility index (Phi) is 3.61. The third kappa shape index (κ3) is 3.72. The van der Waals surface area contributed by atoms with Crippen LogP contribution in [0.5, 0.6) is 11.5 Å². The molecule has 2 aromatic rings. The van der Waals surface area contributed by atoms with E-state index in [0.717, 1.165) is 0 Å². The van der Waals surface area contributed by atoms with Crippen molar-refractivity contribution in [1.82, 2.24) is 0 Å². The van der Waals surface area contributed by atoms with E-state index < -0.39 is 9.05 Å². The first kappa shape index (κ1) is 11.9. The van der Waals surface area contributed by atoms with Crippen LogP contribution in [0.25, 0.3) is 0 Å². The smallest absolute Gasteiger partial charge is 0.361 e. The number of hydrogen-bond acceptors (Lipinski definition) is 4. The number of benzene rings is 2. The van der Waals surface area contributed by atoms with Crippen molar-refractivity contribution >= 4 is 20.2 Å². The van der Waals surface area contributed by atoms with E-state index in [1.807, 2.05) is 12.1 Å². The molecule has 0 heterocycles. The maximum atomic E-state index is 11.9. The lowest BCUT2D eigenvalue weighted by atomic mass is 10.3. The summed E-state index contributed by atoms with van der Waals surface area (Å²) in [6.07, 6.45) is 0. The summed E-state index contributed by atoms with van der Waals surface area (Å²) in [7, 11) is -3.25. The van der Waals surface area contributed by atoms with Crippen LogP contribution < -0.4 is 8.37 Å². The molecule has 5 heteroatoms. The number of para-hydroxylation sites is 2. The van der Waals surface area contributed by atoms with Gasteiger partial charge in [0, 0.05) is 0 Å². The normalized spacial score (nSPS) is 10.8. The second-order valence-electron chi connectivity index (χ2n) is 3.20. The Bertz CT molecular complexity index is 518. The van der Waals surface area contributed by atoms with Gasteiger partial charge in [0.2, 0.25) is 0 Å². The number of hydrogen-bond donors (Lipinski definition) is 0. The molecule has 0 spiro atoms. The molecule has 0 aliphatic carbocycles. The molecule has 2 aromatic carbocycles. The molecular formula is C12H10O3S2. The summed E-state index contributed by atoms with van der Waals surface area (Å²) in [5, 5.41) is 0. The molecule has 0 aromatic heterocycles. The monoisotopic (exact) mass is 266 g/mol. The molecule has 0 fully saturated rings. The third-order valence-corrected chi connectivity index (χ3v) is 3.08. The summed E-state index contributed by atoms with van der Waals surface area (Å²) in [4.78, 5) is 0. The van der Waals surface area contributed by atoms with Crippen molar-refractivity contribution in [2.75, 3.05) is 0 Å². The van der Waals surface area contributed by atoms with Gasteiger partial charge in [-0.1, -0.05) is 36.4 Å². The summed E-state index contributed by atoms with van der Waals surface area (Å²) < 4.78 is 22.1. The van der Waals surface area contributed by atoms with Crippen LogP contribution in [0.15, 0.2) is 60.7 Å². The van der Waals surface area contributed by atoms with Gasteiger partial charge in [-0.15, -0.1) is 0 Å². The topological polar surface area (TPSA) is 35.5 Å².